The van der Waals surface area contributed by atoms with Crippen molar-refractivity contribution in [3.8, 4) is 5.75 Å². The molecule has 0 radical (unpaired) electrons. The average Bonchev–Trinajstić information content (AvgIpc) is 2.39. The van der Waals surface area contributed by atoms with E-state index in [1.807, 2.05) is 19.1 Å². The number of halogens is 1. The molecule has 0 heterocycles. The van der Waals surface area contributed by atoms with Gasteiger partial charge in [0.15, 0.2) is 0 Å². The van der Waals surface area contributed by atoms with Crippen molar-refractivity contribution in [3.05, 3.63) is 65.5 Å². The summed E-state index contributed by atoms with van der Waals surface area (Å²) >= 11 is 0. The third-order valence-corrected chi connectivity index (χ3v) is 2.65. The Balaban J connectivity index is 2.27. The monoisotopic (exact) mass is 246 g/mol. The second-order valence-electron chi connectivity index (χ2n) is 3.96. The maximum atomic E-state index is 13.1. The minimum absolute atomic E-state index is 0.354. The summed E-state index contributed by atoms with van der Waals surface area (Å²) < 4.78 is 18.5. The van der Waals surface area contributed by atoms with E-state index in [0.717, 1.165) is 0 Å². The van der Waals surface area contributed by atoms with E-state index in [9.17, 15) is 9.50 Å². The molecule has 0 saturated carbocycles. The van der Waals surface area contributed by atoms with Gasteiger partial charge in [0.05, 0.1) is 6.61 Å². The lowest BCUT2D eigenvalue weighted by atomic mass is 10.0. The second-order valence-corrected chi connectivity index (χ2v) is 3.96. The normalized spacial score (nSPS) is 12.2. The van der Waals surface area contributed by atoms with Gasteiger partial charge in [-0.15, -0.1) is 0 Å². The van der Waals surface area contributed by atoms with Crippen LogP contribution in [0.5, 0.6) is 5.75 Å². The lowest BCUT2D eigenvalue weighted by molar-refractivity contribution is 0.219. The zero-order valence-electron chi connectivity index (χ0n) is 10.1. The molecule has 18 heavy (non-hydrogen) atoms. The molecule has 0 aliphatic rings. The fourth-order valence-corrected chi connectivity index (χ4v) is 1.81. The van der Waals surface area contributed by atoms with Crippen LogP contribution in [0.1, 0.15) is 24.2 Å². The van der Waals surface area contributed by atoms with E-state index in [4.69, 9.17) is 4.74 Å². The fourth-order valence-electron chi connectivity index (χ4n) is 1.81. The molecule has 1 unspecified atom stereocenters. The molecule has 1 atom stereocenters. The van der Waals surface area contributed by atoms with Gasteiger partial charge in [0.25, 0.3) is 0 Å². The Morgan fingerprint density at radius 2 is 1.78 bits per heavy atom. The quantitative estimate of drug-likeness (QED) is 0.896. The van der Waals surface area contributed by atoms with Crippen molar-refractivity contribution in [2.24, 2.45) is 0 Å². The van der Waals surface area contributed by atoms with E-state index in [1.165, 1.54) is 12.1 Å². The molecular formula is C15H15FO2. The Labute approximate surface area is 106 Å². The minimum Gasteiger partial charge on any atom is -0.494 e. The smallest absolute Gasteiger partial charge is 0.123 e. The van der Waals surface area contributed by atoms with Crippen molar-refractivity contribution < 1.29 is 14.2 Å². The number of hydrogen-bond donors (Lipinski definition) is 1. The Bertz CT molecular complexity index is 525. The number of rotatable bonds is 4. The average molecular weight is 246 g/mol. The molecule has 2 aromatic rings. The van der Waals surface area contributed by atoms with Crippen LogP contribution in [0.4, 0.5) is 4.39 Å². The van der Waals surface area contributed by atoms with Crippen molar-refractivity contribution in [1.82, 2.24) is 0 Å². The van der Waals surface area contributed by atoms with Crippen LogP contribution in [0, 0.1) is 5.82 Å². The molecule has 1 N–H and O–H groups in total. The van der Waals surface area contributed by atoms with Gasteiger partial charge in [-0.3, -0.25) is 0 Å². The zero-order valence-corrected chi connectivity index (χ0v) is 10.1. The molecule has 0 saturated heterocycles. The number of hydrogen-bond acceptors (Lipinski definition) is 2. The number of aliphatic hydroxyl groups excluding tert-OH is 1. The third-order valence-electron chi connectivity index (χ3n) is 2.65. The number of benzene rings is 2. The van der Waals surface area contributed by atoms with Gasteiger partial charge in [0.2, 0.25) is 0 Å². The molecule has 0 amide bonds. The molecule has 0 aliphatic heterocycles. The summed E-state index contributed by atoms with van der Waals surface area (Å²) in [4.78, 5) is 0. The van der Waals surface area contributed by atoms with Crippen molar-refractivity contribution in [2.75, 3.05) is 6.61 Å². The Hall–Kier alpha value is -1.87. The van der Waals surface area contributed by atoms with E-state index in [1.54, 1.807) is 24.3 Å². The molecule has 0 aromatic heterocycles. The molecule has 0 aliphatic carbocycles. The number of aliphatic hydroxyl groups is 1. The third kappa shape index (κ3) is 2.87. The highest BCUT2D eigenvalue weighted by Gasteiger charge is 2.11. The van der Waals surface area contributed by atoms with Gasteiger partial charge in [-0.05, 0) is 42.3 Å². The Morgan fingerprint density at radius 1 is 1.11 bits per heavy atom. The maximum Gasteiger partial charge on any atom is 0.123 e. The SMILES string of the molecule is CCOc1cccc(C(O)c2cccc(F)c2)c1. The van der Waals surface area contributed by atoms with Gasteiger partial charge in [-0.2, -0.15) is 0 Å². The first-order valence-electron chi connectivity index (χ1n) is 5.87. The molecule has 0 fully saturated rings. The lowest BCUT2D eigenvalue weighted by Gasteiger charge is -2.13. The van der Waals surface area contributed by atoms with Crippen molar-refractivity contribution in [1.29, 1.82) is 0 Å². The van der Waals surface area contributed by atoms with Crippen LogP contribution >= 0.6 is 0 Å². The highest BCUT2D eigenvalue weighted by atomic mass is 19.1. The second kappa shape index (κ2) is 5.65. The van der Waals surface area contributed by atoms with E-state index in [2.05, 4.69) is 0 Å². The Morgan fingerprint density at radius 3 is 2.44 bits per heavy atom. The topological polar surface area (TPSA) is 29.5 Å². The predicted molar refractivity (Wildman–Crippen MR) is 68.1 cm³/mol. The first kappa shape index (κ1) is 12.6. The molecule has 2 rings (SSSR count). The highest BCUT2D eigenvalue weighted by Crippen LogP contribution is 2.25. The summed E-state index contributed by atoms with van der Waals surface area (Å²) in [5, 5.41) is 10.2. The van der Waals surface area contributed by atoms with Gasteiger partial charge < -0.3 is 9.84 Å². The minimum atomic E-state index is -0.846. The summed E-state index contributed by atoms with van der Waals surface area (Å²) in [6.07, 6.45) is -0.846. The van der Waals surface area contributed by atoms with Crippen molar-refractivity contribution in [2.45, 2.75) is 13.0 Å². The molecule has 94 valence electrons. The van der Waals surface area contributed by atoms with Crippen molar-refractivity contribution in [3.63, 3.8) is 0 Å². The molecule has 0 spiro atoms. The molecule has 0 bridgehead atoms. The largest absolute Gasteiger partial charge is 0.494 e. The summed E-state index contributed by atoms with van der Waals surface area (Å²) in [5.74, 6) is 0.345. The molecule has 3 heteroatoms. The van der Waals surface area contributed by atoms with Crippen LogP contribution in [-0.2, 0) is 0 Å². The van der Waals surface area contributed by atoms with Crippen LogP contribution in [0.3, 0.4) is 0 Å². The first-order chi connectivity index (χ1) is 8.70. The Kier molecular flexibility index (Phi) is 3.95. The molecular weight excluding hydrogens is 231 g/mol. The van der Waals surface area contributed by atoms with Crippen molar-refractivity contribution >= 4 is 0 Å². The maximum absolute atomic E-state index is 13.1. The fraction of sp³-hybridized carbons (Fsp3) is 0.200. The van der Waals surface area contributed by atoms with Gasteiger partial charge in [-0.1, -0.05) is 24.3 Å². The summed E-state index contributed by atoms with van der Waals surface area (Å²) in [6.45, 7) is 2.47. The van der Waals surface area contributed by atoms with E-state index < -0.39 is 6.10 Å². The first-order valence-corrected chi connectivity index (χ1v) is 5.87. The van der Waals surface area contributed by atoms with Gasteiger partial charge >= 0.3 is 0 Å². The van der Waals surface area contributed by atoms with Crippen LogP contribution in [0.2, 0.25) is 0 Å². The predicted octanol–water partition coefficient (Wildman–Crippen LogP) is 3.31. The lowest BCUT2D eigenvalue weighted by Crippen LogP contribution is -2.01. The van der Waals surface area contributed by atoms with Crippen LogP contribution in [0.15, 0.2) is 48.5 Å². The molecule has 2 nitrogen and oxygen atoms in total. The van der Waals surface area contributed by atoms with Crippen LogP contribution < -0.4 is 4.74 Å². The summed E-state index contributed by atoms with van der Waals surface area (Å²) in [7, 11) is 0. The van der Waals surface area contributed by atoms with Crippen LogP contribution in [0.25, 0.3) is 0 Å². The molecule has 2 aromatic carbocycles. The van der Waals surface area contributed by atoms with E-state index >= 15 is 0 Å². The summed E-state index contributed by atoms with van der Waals surface area (Å²) in [6, 6.07) is 13.2. The van der Waals surface area contributed by atoms with Gasteiger partial charge in [-0.25, -0.2) is 4.39 Å². The zero-order chi connectivity index (χ0) is 13.0. The van der Waals surface area contributed by atoms with E-state index in [0.29, 0.717) is 23.5 Å². The van der Waals surface area contributed by atoms with E-state index in [-0.39, 0.29) is 5.82 Å². The summed E-state index contributed by atoms with van der Waals surface area (Å²) in [5.41, 5.74) is 1.22. The highest BCUT2D eigenvalue weighted by molar-refractivity contribution is 5.35. The van der Waals surface area contributed by atoms with Gasteiger partial charge in [0, 0.05) is 0 Å². The van der Waals surface area contributed by atoms with Crippen LogP contribution in [-0.4, -0.2) is 11.7 Å². The van der Waals surface area contributed by atoms with Gasteiger partial charge in [0.1, 0.15) is 17.7 Å². The number of ether oxygens (including phenoxy) is 1. The standard InChI is InChI=1S/C15H15FO2/c1-2-18-14-8-4-6-12(10-14)15(17)11-5-3-7-13(16)9-11/h3-10,15,17H,2H2,1H3.